The average Bonchev–Trinajstić information content (AvgIpc) is 2.48. The van der Waals surface area contributed by atoms with Gasteiger partial charge in [-0.3, -0.25) is 9.59 Å². The summed E-state index contributed by atoms with van der Waals surface area (Å²) in [5.74, 6) is -0.834. The zero-order valence-corrected chi connectivity index (χ0v) is 11.9. The average molecular weight is 297 g/mol. The van der Waals surface area contributed by atoms with Gasteiger partial charge in [0.1, 0.15) is 0 Å². The molecule has 0 saturated carbocycles. The first-order valence-corrected chi connectivity index (χ1v) is 6.58. The highest BCUT2D eigenvalue weighted by Gasteiger charge is 2.03. The Kier molecular flexibility index (Phi) is 4.58. The van der Waals surface area contributed by atoms with Gasteiger partial charge in [-0.15, -0.1) is 0 Å². The lowest BCUT2D eigenvalue weighted by atomic mass is 10.1. The number of hydrogen-bond donors (Lipinski definition) is 3. The van der Waals surface area contributed by atoms with Crippen LogP contribution < -0.4 is 5.32 Å². The lowest BCUT2D eigenvalue weighted by Gasteiger charge is -2.02. The summed E-state index contributed by atoms with van der Waals surface area (Å²) in [5, 5.41) is 21.2. The Morgan fingerprint density at radius 3 is 2.27 bits per heavy atom. The largest absolute Gasteiger partial charge is 0.504 e. The van der Waals surface area contributed by atoms with Crippen LogP contribution in [0.25, 0.3) is 6.08 Å². The Morgan fingerprint density at radius 1 is 1.00 bits per heavy atom. The summed E-state index contributed by atoms with van der Waals surface area (Å²) in [7, 11) is 0. The van der Waals surface area contributed by atoms with E-state index in [0.29, 0.717) is 16.8 Å². The van der Waals surface area contributed by atoms with Crippen LogP contribution in [0.4, 0.5) is 5.69 Å². The van der Waals surface area contributed by atoms with Crippen LogP contribution in [-0.2, 0) is 4.79 Å². The van der Waals surface area contributed by atoms with Crippen molar-refractivity contribution in [3.8, 4) is 11.5 Å². The molecule has 0 atom stereocenters. The highest BCUT2D eigenvalue weighted by molar-refractivity contribution is 6.07. The molecule has 0 aromatic heterocycles. The van der Waals surface area contributed by atoms with Crippen LogP contribution in [0, 0.1) is 0 Å². The van der Waals surface area contributed by atoms with Crippen molar-refractivity contribution >= 4 is 23.5 Å². The summed E-state index contributed by atoms with van der Waals surface area (Å²) >= 11 is 0. The summed E-state index contributed by atoms with van der Waals surface area (Å²) in [4.78, 5) is 22.9. The van der Waals surface area contributed by atoms with Crippen molar-refractivity contribution in [2.24, 2.45) is 0 Å². The Hall–Kier alpha value is -3.08. The van der Waals surface area contributed by atoms with Gasteiger partial charge in [0.2, 0.25) is 5.91 Å². The number of ketones is 1. The SMILES string of the molecule is CC(=O)Nc1ccc(C(=O)/C=C/c2ccc(O)c(O)c2)cc1. The van der Waals surface area contributed by atoms with E-state index in [1.165, 1.54) is 25.1 Å². The molecule has 0 aliphatic rings. The molecule has 112 valence electrons. The third kappa shape index (κ3) is 3.96. The number of carbonyl (C=O) groups is 2. The van der Waals surface area contributed by atoms with Gasteiger partial charge in [0, 0.05) is 18.2 Å². The standard InChI is InChI=1S/C17H15NO4/c1-11(19)18-14-6-4-13(5-7-14)15(20)8-2-12-3-9-16(21)17(22)10-12/h2-10,21-22H,1H3,(H,18,19)/b8-2+. The quantitative estimate of drug-likeness (QED) is 0.460. The number of benzene rings is 2. The second-order valence-electron chi connectivity index (χ2n) is 4.70. The first kappa shape index (κ1) is 15.3. The number of aromatic hydroxyl groups is 2. The molecule has 0 radical (unpaired) electrons. The first-order valence-electron chi connectivity index (χ1n) is 6.58. The molecule has 0 aliphatic carbocycles. The Morgan fingerprint density at radius 2 is 1.68 bits per heavy atom. The summed E-state index contributed by atoms with van der Waals surface area (Å²) < 4.78 is 0. The number of allylic oxidation sites excluding steroid dienone is 1. The van der Waals surface area contributed by atoms with Gasteiger partial charge in [0.05, 0.1) is 0 Å². The summed E-state index contributed by atoms with van der Waals surface area (Å²) in [6.07, 6.45) is 2.92. The molecule has 1 amide bonds. The molecule has 0 bridgehead atoms. The number of phenols is 2. The second-order valence-corrected chi connectivity index (χ2v) is 4.70. The van der Waals surface area contributed by atoms with Crippen molar-refractivity contribution in [2.45, 2.75) is 6.92 Å². The van der Waals surface area contributed by atoms with Crippen LogP contribution in [0.15, 0.2) is 48.5 Å². The minimum Gasteiger partial charge on any atom is -0.504 e. The van der Waals surface area contributed by atoms with Crippen molar-refractivity contribution in [3.63, 3.8) is 0 Å². The normalized spacial score (nSPS) is 10.6. The molecule has 0 heterocycles. The van der Waals surface area contributed by atoms with Crippen molar-refractivity contribution in [2.75, 3.05) is 5.32 Å². The Bertz CT molecular complexity index is 733. The Balaban J connectivity index is 2.09. The molecule has 0 fully saturated rings. The zero-order valence-electron chi connectivity index (χ0n) is 11.9. The topological polar surface area (TPSA) is 86.6 Å². The summed E-state index contributed by atoms with van der Waals surface area (Å²) in [6.45, 7) is 1.41. The highest BCUT2D eigenvalue weighted by atomic mass is 16.3. The predicted molar refractivity (Wildman–Crippen MR) is 83.9 cm³/mol. The predicted octanol–water partition coefficient (Wildman–Crippen LogP) is 2.95. The van der Waals surface area contributed by atoms with Gasteiger partial charge in [-0.2, -0.15) is 0 Å². The molecule has 0 aliphatic heterocycles. The molecule has 22 heavy (non-hydrogen) atoms. The smallest absolute Gasteiger partial charge is 0.221 e. The van der Waals surface area contributed by atoms with Crippen LogP contribution in [-0.4, -0.2) is 21.9 Å². The van der Waals surface area contributed by atoms with Crippen LogP contribution in [0.1, 0.15) is 22.8 Å². The molecule has 3 N–H and O–H groups in total. The number of amides is 1. The third-order valence-corrected chi connectivity index (χ3v) is 2.92. The van der Waals surface area contributed by atoms with Crippen LogP contribution in [0.2, 0.25) is 0 Å². The molecular weight excluding hydrogens is 282 g/mol. The maximum Gasteiger partial charge on any atom is 0.221 e. The molecule has 2 rings (SSSR count). The van der Waals surface area contributed by atoms with Gasteiger partial charge in [0.25, 0.3) is 0 Å². The van der Waals surface area contributed by atoms with E-state index in [4.69, 9.17) is 0 Å². The molecule has 5 heteroatoms. The van der Waals surface area contributed by atoms with Crippen molar-refractivity contribution in [3.05, 3.63) is 59.7 Å². The fourth-order valence-corrected chi connectivity index (χ4v) is 1.83. The van der Waals surface area contributed by atoms with Crippen LogP contribution in [0.5, 0.6) is 11.5 Å². The first-order chi connectivity index (χ1) is 10.5. The molecule has 5 nitrogen and oxygen atoms in total. The fraction of sp³-hybridized carbons (Fsp3) is 0.0588. The molecule has 0 saturated heterocycles. The van der Waals surface area contributed by atoms with Crippen LogP contribution in [0.3, 0.4) is 0 Å². The number of rotatable bonds is 4. The minimum atomic E-state index is -0.241. The molecule has 2 aromatic carbocycles. The van der Waals surface area contributed by atoms with E-state index < -0.39 is 0 Å². The van der Waals surface area contributed by atoms with Crippen molar-refractivity contribution < 1.29 is 19.8 Å². The fourth-order valence-electron chi connectivity index (χ4n) is 1.83. The third-order valence-electron chi connectivity index (χ3n) is 2.92. The lowest BCUT2D eigenvalue weighted by Crippen LogP contribution is -2.05. The summed E-state index contributed by atoms with van der Waals surface area (Å²) in [5.41, 5.74) is 1.70. The maximum atomic E-state index is 12.0. The molecule has 0 spiro atoms. The number of hydrogen-bond acceptors (Lipinski definition) is 4. The molecule has 0 unspecified atom stereocenters. The van der Waals surface area contributed by atoms with E-state index in [9.17, 15) is 19.8 Å². The van der Waals surface area contributed by atoms with E-state index in [2.05, 4.69) is 5.32 Å². The molecular formula is C17H15NO4. The molecule has 2 aromatic rings. The van der Waals surface area contributed by atoms with Gasteiger partial charge < -0.3 is 15.5 Å². The zero-order chi connectivity index (χ0) is 16.1. The van der Waals surface area contributed by atoms with Gasteiger partial charge in [-0.1, -0.05) is 12.1 Å². The van der Waals surface area contributed by atoms with Gasteiger partial charge in [0.15, 0.2) is 17.3 Å². The number of anilines is 1. The highest BCUT2D eigenvalue weighted by Crippen LogP contribution is 2.25. The number of phenolic OH excluding ortho intramolecular Hbond substituents is 2. The summed E-state index contributed by atoms with van der Waals surface area (Å²) in [6, 6.07) is 10.8. The maximum absolute atomic E-state index is 12.0. The number of carbonyl (C=O) groups excluding carboxylic acids is 2. The van der Waals surface area contributed by atoms with Crippen molar-refractivity contribution in [1.29, 1.82) is 0 Å². The van der Waals surface area contributed by atoms with Gasteiger partial charge >= 0.3 is 0 Å². The van der Waals surface area contributed by atoms with Crippen LogP contribution >= 0.6 is 0 Å². The van der Waals surface area contributed by atoms with Gasteiger partial charge in [-0.05, 0) is 48.0 Å². The Labute approximate surface area is 127 Å². The lowest BCUT2D eigenvalue weighted by molar-refractivity contribution is -0.114. The number of nitrogens with one attached hydrogen (secondary N) is 1. The second kappa shape index (κ2) is 6.58. The monoisotopic (exact) mass is 297 g/mol. The van der Waals surface area contributed by atoms with Gasteiger partial charge in [-0.25, -0.2) is 0 Å². The van der Waals surface area contributed by atoms with E-state index in [1.54, 1.807) is 36.4 Å². The minimum absolute atomic E-state index is 0.175. The van der Waals surface area contributed by atoms with E-state index in [0.717, 1.165) is 0 Å². The van der Waals surface area contributed by atoms with Crippen molar-refractivity contribution in [1.82, 2.24) is 0 Å². The van der Waals surface area contributed by atoms with E-state index in [-0.39, 0.29) is 23.2 Å². The van der Waals surface area contributed by atoms with E-state index in [1.807, 2.05) is 0 Å². The van der Waals surface area contributed by atoms with E-state index >= 15 is 0 Å².